The largest absolute Gasteiger partial charge is 0.416 e. The fourth-order valence-corrected chi connectivity index (χ4v) is 1.90. The van der Waals surface area contributed by atoms with E-state index >= 15 is 0 Å². The van der Waals surface area contributed by atoms with Gasteiger partial charge in [-0.3, -0.25) is 4.79 Å². The molecule has 0 saturated carbocycles. The van der Waals surface area contributed by atoms with E-state index in [1.807, 2.05) is 0 Å². The van der Waals surface area contributed by atoms with Crippen molar-refractivity contribution in [1.82, 2.24) is 0 Å². The van der Waals surface area contributed by atoms with Crippen LogP contribution in [0.5, 0.6) is 0 Å². The molecule has 1 aromatic carbocycles. The maximum atomic E-state index is 12.6. The topological polar surface area (TPSA) is 17.1 Å². The maximum Gasteiger partial charge on any atom is 0.416 e. The van der Waals surface area contributed by atoms with Gasteiger partial charge in [0.25, 0.3) is 0 Å². The van der Waals surface area contributed by atoms with Gasteiger partial charge >= 0.3 is 6.18 Å². The predicted molar refractivity (Wildman–Crippen MR) is 48.5 cm³/mol. The zero-order valence-corrected chi connectivity index (χ0v) is 7.90. The third-order valence-electron chi connectivity index (χ3n) is 2.63. The highest BCUT2D eigenvalue weighted by molar-refractivity contribution is 5.83. The molecular weight excluding hydrogens is 205 g/mol. The predicted octanol–water partition coefficient (Wildman–Crippen LogP) is 2.76. The Morgan fingerprint density at radius 3 is 2.53 bits per heavy atom. The summed E-state index contributed by atoms with van der Waals surface area (Å²) in [5.41, 5.74) is 0.165. The van der Waals surface area contributed by atoms with Crippen LogP contribution in [-0.4, -0.2) is 5.78 Å². The fraction of sp³-hybridized carbons (Fsp3) is 0.364. The highest BCUT2D eigenvalue weighted by atomic mass is 19.4. The normalized spacial score (nSPS) is 16.3. The van der Waals surface area contributed by atoms with Crippen molar-refractivity contribution in [3.63, 3.8) is 0 Å². The number of carbonyl (C=O) groups is 1. The summed E-state index contributed by atoms with van der Waals surface area (Å²) in [5.74, 6) is -0.112. The first kappa shape index (κ1) is 10.2. The number of halogens is 3. The van der Waals surface area contributed by atoms with E-state index < -0.39 is 11.7 Å². The number of Topliss-reactive ketones (excluding diaryl/α,β-unsaturated/α-hetero) is 1. The van der Waals surface area contributed by atoms with E-state index in [1.165, 1.54) is 6.07 Å². The Bertz CT molecular complexity index is 407. The number of hydrogen-bond donors (Lipinski definition) is 0. The molecule has 0 spiro atoms. The molecule has 0 amide bonds. The molecule has 1 aliphatic carbocycles. The number of rotatable bonds is 0. The number of alkyl halides is 3. The number of hydrogen-bond acceptors (Lipinski definition) is 1. The first-order chi connectivity index (χ1) is 6.98. The summed E-state index contributed by atoms with van der Waals surface area (Å²) in [5, 5.41) is 0. The molecule has 2 rings (SSSR count). The van der Waals surface area contributed by atoms with Gasteiger partial charge in [0.1, 0.15) is 5.78 Å². The van der Waals surface area contributed by atoms with Crippen LogP contribution in [0.25, 0.3) is 0 Å². The number of benzene rings is 1. The Morgan fingerprint density at radius 1 is 1.13 bits per heavy atom. The number of fused-ring (bicyclic) bond motifs is 1. The maximum absolute atomic E-state index is 12.6. The lowest BCUT2D eigenvalue weighted by atomic mass is 9.87. The fourth-order valence-electron chi connectivity index (χ4n) is 1.90. The van der Waals surface area contributed by atoms with Crippen molar-refractivity contribution >= 4 is 5.78 Å². The molecule has 15 heavy (non-hydrogen) atoms. The first-order valence-electron chi connectivity index (χ1n) is 4.68. The van der Waals surface area contributed by atoms with E-state index in [1.54, 1.807) is 6.07 Å². The molecular formula is C11H9F3O. The van der Waals surface area contributed by atoms with Crippen LogP contribution in [0.2, 0.25) is 0 Å². The molecule has 4 heteroatoms. The van der Waals surface area contributed by atoms with Crippen LogP contribution in [0.15, 0.2) is 18.2 Å². The van der Waals surface area contributed by atoms with Crippen molar-refractivity contribution in [2.45, 2.75) is 25.4 Å². The van der Waals surface area contributed by atoms with E-state index in [0.29, 0.717) is 18.4 Å². The van der Waals surface area contributed by atoms with Gasteiger partial charge in [-0.05, 0) is 23.6 Å². The van der Waals surface area contributed by atoms with E-state index in [-0.39, 0.29) is 17.8 Å². The minimum absolute atomic E-state index is 0.0784. The van der Waals surface area contributed by atoms with Crippen LogP contribution in [-0.2, 0) is 23.8 Å². The molecule has 0 aromatic heterocycles. The Labute approximate surface area is 84.9 Å². The Balaban J connectivity index is 2.53. The van der Waals surface area contributed by atoms with Crippen molar-refractivity contribution in [3.8, 4) is 0 Å². The average Bonchev–Trinajstić information content (AvgIpc) is 2.15. The van der Waals surface area contributed by atoms with Crippen LogP contribution in [0.3, 0.4) is 0 Å². The summed E-state index contributed by atoms with van der Waals surface area (Å²) in [4.78, 5) is 11.1. The van der Waals surface area contributed by atoms with Crippen molar-refractivity contribution in [1.29, 1.82) is 0 Å². The van der Waals surface area contributed by atoms with Gasteiger partial charge in [-0.25, -0.2) is 0 Å². The summed E-state index contributed by atoms with van der Waals surface area (Å²) in [6, 6.07) is 4.10. The van der Waals surface area contributed by atoms with Gasteiger partial charge in [0, 0.05) is 12.8 Å². The number of ketones is 1. The molecule has 1 aromatic rings. The van der Waals surface area contributed by atoms with Gasteiger partial charge in [-0.2, -0.15) is 13.2 Å². The molecule has 0 heterocycles. The molecule has 0 atom stereocenters. The smallest absolute Gasteiger partial charge is 0.299 e. The molecule has 0 bridgehead atoms. The Kier molecular flexibility index (Phi) is 2.29. The van der Waals surface area contributed by atoms with Gasteiger partial charge in [-0.15, -0.1) is 0 Å². The average molecular weight is 214 g/mol. The van der Waals surface area contributed by atoms with Crippen LogP contribution >= 0.6 is 0 Å². The lowest BCUT2D eigenvalue weighted by Crippen LogP contribution is -2.19. The lowest BCUT2D eigenvalue weighted by Gasteiger charge is -2.19. The van der Waals surface area contributed by atoms with Gasteiger partial charge in [0.05, 0.1) is 5.56 Å². The second-order valence-corrected chi connectivity index (χ2v) is 3.66. The highest BCUT2D eigenvalue weighted by Gasteiger charge is 2.35. The van der Waals surface area contributed by atoms with Crippen molar-refractivity contribution in [2.24, 2.45) is 0 Å². The summed E-state index contributed by atoms with van der Waals surface area (Å²) in [6.07, 6.45) is -3.65. The third kappa shape index (κ3) is 1.89. The van der Waals surface area contributed by atoms with Crippen LogP contribution in [0, 0.1) is 0 Å². The zero-order valence-electron chi connectivity index (χ0n) is 7.90. The molecule has 0 unspecified atom stereocenters. The van der Waals surface area contributed by atoms with Gasteiger partial charge < -0.3 is 0 Å². The van der Waals surface area contributed by atoms with Crippen molar-refractivity contribution in [3.05, 3.63) is 34.9 Å². The Morgan fingerprint density at radius 2 is 1.87 bits per heavy atom. The van der Waals surface area contributed by atoms with E-state index in [9.17, 15) is 18.0 Å². The van der Waals surface area contributed by atoms with Crippen LogP contribution in [0.4, 0.5) is 13.2 Å². The molecule has 0 saturated heterocycles. The molecule has 80 valence electrons. The zero-order chi connectivity index (χ0) is 11.1. The summed E-state index contributed by atoms with van der Waals surface area (Å²) < 4.78 is 37.8. The highest BCUT2D eigenvalue weighted by Crippen LogP contribution is 2.35. The third-order valence-corrected chi connectivity index (χ3v) is 2.63. The lowest BCUT2D eigenvalue weighted by molar-refractivity contribution is -0.138. The molecule has 0 fully saturated rings. The molecule has 1 aliphatic rings. The minimum atomic E-state index is -4.36. The number of aryl methyl sites for hydroxylation is 1. The van der Waals surface area contributed by atoms with Crippen LogP contribution in [0.1, 0.15) is 23.1 Å². The van der Waals surface area contributed by atoms with Gasteiger partial charge in [0.2, 0.25) is 0 Å². The van der Waals surface area contributed by atoms with Crippen LogP contribution < -0.4 is 0 Å². The SMILES string of the molecule is O=C1CCc2cccc(C(F)(F)F)c2C1. The van der Waals surface area contributed by atoms with Crippen molar-refractivity contribution < 1.29 is 18.0 Å². The molecule has 0 aliphatic heterocycles. The summed E-state index contributed by atoms with van der Waals surface area (Å²) in [6.45, 7) is 0. The second-order valence-electron chi connectivity index (χ2n) is 3.66. The quantitative estimate of drug-likeness (QED) is 0.649. The minimum Gasteiger partial charge on any atom is -0.299 e. The van der Waals surface area contributed by atoms with E-state index in [4.69, 9.17) is 0 Å². The number of carbonyl (C=O) groups excluding carboxylic acids is 1. The molecule has 1 nitrogen and oxygen atoms in total. The molecule has 0 N–H and O–H groups in total. The summed E-state index contributed by atoms with van der Waals surface area (Å²) in [7, 11) is 0. The van der Waals surface area contributed by atoms with E-state index in [2.05, 4.69) is 0 Å². The monoisotopic (exact) mass is 214 g/mol. The standard InChI is InChI=1S/C11H9F3O/c12-11(13,14)10-3-1-2-7-4-5-8(15)6-9(7)10/h1-3H,4-6H2. The van der Waals surface area contributed by atoms with Gasteiger partial charge in [0.15, 0.2) is 0 Å². The van der Waals surface area contributed by atoms with Gasteiger partial charge in [-0.1, -0.05) is 12.1 Å². The van der Waals surface area contributed by atoms with E-state index in [0.717, 1.165) is 6.07 Å². The van der Waals surface area contributed by atoms with Crippen molar-refractivity contribution in [2.75, 3.05) is 0 Å². The Hall–Kier alpha value is -1.32. The first-order valence-corrected chi connectivity index (χ1v) is 4.68. The second kappa shape index (κ2) is 3.36. The summed E-state index contributed by atoms with van der Waals surface area (Å²) >= 11 is 0. The molecule has 0 radical (unpaired) electrons.